The second kappa shape index (κ2) is 6.58. The van der Waals surface area contributed by atoms with Crippen LogP contribution in [0.25, 0.3) is 11.3 Å². The largest absolute Gasteiger partial charge is 0.464 e. The molecule has 0 saturated heterocycles. The van der Waals surface area contributed by atoms with E-state index in [1.54, 1.807) is 17.5 Å². The van der Waals surface area contributed by atoms with Gasteiger partial charge in [0, 0.05) is 11.1 Å². The standard InChI is InChI=1S/C15H18N2O3S/c1-10(2)8-20-14(18)7-17-13(9-21-15(17)19)11-3-5-12(16)6-4-11/h3-6,9-10H,7-8,16H2,1-2H3. The average Bonchev–Trinajstić information content (AvgIpc) is 2.79. The Kier molecular flexibility index (Phi) is 4.80. The molecule has 1 heterocycles. The summed E-state index contributed by atoms with van der Waals surface area (Å²) >= 11 is 1.06. The lowest BCUT2D eigenvalue weighted by Crippen LogP contribution is -2.23. The number of nitrogens with two attached hydrogens (primary N) is 1. The maximum atomic E-state index is 11.9. The summed E-state index contributed by atoms with van der Waals surface area (Å²) in [5.74, 6) is -0.134. The number of esters is 1. The lowest BCUT2D eigenvalue weighted by atomic mass is 10.1. The minimum Gasteiger partial charge on any atom is -0.464 e. The van der Waals surface area contributed by atoms with Crippen LogP contribution in [0.2, 0.25) is 0 Å². The molecule has 0 aliphatic carbocycles. The van der Waals surface area contributed by atoms with Crippen LogP contribution in [-0.2, 0) is 16.1 Å². The third kappa shape index (κ3) is 3.95. The van der Waals surface area contributed by atoms with Crippen LogP contribution in [0.15, 0.2) is 34.4 Å². The van der Waals surface area contributed by atoms with E-state index in [0.717, 1.165) is 16.9 Å². The fraction of sp³-hybridized carbons (Fsp3) is 0.333. The van der Waals surface area contributed by atoms with Crippen molar-refractivity contribution in [2.45, 2.75) is 20.4 Å². The first-order chi connectivity index (χ1) is 9.97. The van der Waals surface area contributed by atoms with E-state index in [4.69, 9.17) is 10.5 Å². The highest BCUT2D eigenvalue weighted by Crippen LogP contribution is 2.21. The zero-order chi connectivity index (χ0) is 15.4. The maximum Gasteiger partial charge on any atom is 0.326 e. The number of hydrogen-bond donors (Lipinski definition) is 1. The van der Waals surface area contributed by atoms with Gasteiger partial charge in [0.1, 0.15) is 6.54 Å². The molecule has 6 heteroatoms. The normalized spacial score (nSPS) is 10.8. The van der Waals surface area contributed by atoms with Crippen LogP contribution in [0.4, 0.5) is 5.69 Å². The van der Waals surface area contributed by atoms with Crippen LogP contribution in [0.3, 0.4) is 0 Å². The second-order valence-electron chi connectivity index (χ2n) is 5.17. The number of nitrogen functional groups attached to an aromatic ring is 1. The second-order valence-corrected chi connectivity index (χ2v) is 5.99. The monoisotopic (exact) mass is 306 g/mol. The molecule has 0 aliphatic heterocycles. The van der Waals surface area contributed by atoms with E-state index in [2.05, 4.69) is 0 Å². The minimum atomic E-state index is -0.402. The van der Waals surface area contributed by atoms with E-state index < -0.39 is 5.97 Å². The van der Waals surface area contributed by atoms with E-state index in [9.17, 15) is 9.59 Å². The van der Waals surface area contributed by atoms with Crippen molar-refractivity contribution in [3.8, 4) is 11.3 Å². The Morgan fingerprint density at radius 2 is 2.00 bits per heavy atom. The summed E-state index contributed by atoms with van der Waals surface area (Å²) < 4.78 is 6.56. The molecule has 0 saturated carbocycles. The molecule has 2 N–H and O–H groups in total. The molecule has 112 valence electrons. The molecular weight excluding hydrogens is 288 g/mol. The van der Waals surface area contributed by atoms with Crippen molar-refractivity contribution < 1.29 is 9.53 Å². The third-order valence-corrected chi connectivity index (χ3v) is 3.62. The van der Waals surface area contributed by atoms with Gasteiger partial charge in [-0.2, -0.15) is 0 Å². The molecule has 0 amide bonds. The summed E-state index contributed by atoms with van der Waals surface area (Å²) in [6.45, 7) is 4.21. The molecule has 2 aromatic rings. The number of hydrogen-bond acceptors (Lipinski definition) is 5. The molecule has 0 aliphatic rings. The van der Waals surface area contributed by atoms with Crippen LogP contribution in [-0.4, -0.2) is 17.1 Å². The van der Waals surface area contributed by atoms with E-state index in [1.807, 2.05) is 26.0 Å². The molecule has 1 aromatic carbocycles. The van der Waals surface area contributed by atoms with Crippen LogP contribution < -0.4 is 10.6 Å². The third-order valence-electron chi connectivity index (χ3n) is 2.85. The summed E-state index contributed by atoms with van der Waals surface area (Å²) in [6.07, 6.45) is 0. The number of ether oxygens (including phenoxy) is 1. The molecule has 0 bridgehead atoms. The number of carbonyl (C=O) groups is 1. The molecular formula is C15H18N2O3S. The van der Waals surface area contributed by atoms with Crippen molar-refractivity contribution in [2.24, 2.45) is 5.92 Å². The Hall–Kier alpha value is -2.08. The van der Waals surface area contributed by atoms with Gasteiger partial charge in [-0.1, -0.05) is 37.3 Å². The summed E-state index contributed by atoms with van der Waals surface area (Å²) in [6, 6.07) is 7.18. The zero-order valence-electron chi connectivity index (χ0n) is 12.0. The molecule has 0 radical (unpaired) electrons. The lowest BCUT2D eigenvalue weighted by Gasteiger charge is -2.10. The lowest BCUT2D eigenvalue weighted by molar-refractivity contribution is -0.145. The number of carbonyl (C=O) groups excluding carboxylic acids is 1. The van der Waals surface area contributed by atoms with Gasteiger partial charge in [-0.15, -0.1) is 0 Å². The van der Waals surface area contributed by atoms with Crippen molar-refractivity contribution in [1.82, 2.24) is 4.57 Å². The molecule has 1 aromatic heterocycles. The Balaban J connectivity index is 2.20. The topological polar surface area (TPSA) is 74.3 Å². The van der Waals surface area contributed by atoms with E-state index in [1.165, 1.54) is 4.57 Å². The Labute approximate surface area is 127 Å². The van der Waals surface area contributed by atoms with Crippen molar-refractivity contribution >= 4 is 23.0 Å². The van der Waals surface area contributed by atoms with Crippen LogP contribution in [0.1, 0.15) is 13.8 Å². The Bertz CT molecular complexity index is 671. The zero-order valence-corrected chi connectivity index (χ0v) is 12.9. The SMILES string of the molecule is CC(C)COC(=O)Cn1c(-c2ccc(N)cc2)csc1=O. The first kappa shape index (κ1) is 15.3. The van der Waals surface area contributed by atoms with Crippen molar-refractivity contribution in [2.75, 3.05) is 12.3 Å². The first-order valence-corrected chi connectivity index (χ1v) is 7.55. The number of anilines is 1. The molecule has 0 spiro atoms. The summed E-state index contributed by atoms with van der Waals surface area (Å²) in [7, 11) is 0. The van der Waals surface area contributed by atoms with Crippen LogP contribution in [0, 0.1) is 5.92 Å². The van der Waals surface area contributed by atoms with E-state index in [0.29, 0.717) is 18.0 Å². The highest BCUT2D eigenvalue weighted by Gasteiger charge is 2.13. The van der Waals surface area contributed by atoms with Crippen molar-refractivity contribution in [3.05, 3.63) is 39.3 Å². The quantitative estimate of drug-likeness (QED) is 0.680. The number of aromatic nitrogens is 1. The molecule has 21 heavy (non-hydrogen) atoms. The number of benzene rings is 1. The first-order valence-electron chi connectivity index (χ1n) is 6.67. The van der Waals surface area contributed by atoms with Gasteiger partial charge in [0.05, 0.1) is 12.3 Å². The van der Waals surface area contributed by atoms with Gasteiger partial charge in [-0.3, -0.25) is 14.2 Å². The van der Waals surface area contributed by atoms with Gasteiger partial charge in [0.25, 0.3) is 0 Å². The summed E-state index contributed by atoms with van der Waals surface area (Å²) in [5, 5.41) is 1.74. The fourth-order valence-electron chi connectivity index (χ4n) is 1.79. The molecule has 0 fully saturated rings. The van der Waals surface area contributed by atoms with Gasteiger partial charge in [-0.25, -0.2) is 0 Å². The maximum absolute atomic E-state index is 11.9. The number of nitrogens with zero attached hydrogens (tertiary/aromatic N) is 1. The predicted molar refractivity (Wildman–Crippen MR) is 84.2 cm³/mol. The van der Waals surface area contributed by atoms with Gasteiger partial charge in [0.2, 0.25) is 0 Å². The van der Waals surface area contributed by atoms with Crippen molar-refractivity contribution in [1.29, 1.82) is 0 Å². The van der Waals surface area contributed by atoms with E-state index >= 15 is 0 Å². The highest BCUT2D eigenvalue weighted by molar-refractivity contribution is 7.07. The molecule has 0 unspecified atom stereocenters. The Morgan fingerprint density at radius 1 is 1.33 bits per heavy atom. The summed E-state index contributed by atoms with van der Waals surface area (Å²) in [4.78, 5) is 23.5. The highest BCUT2D eigenvalue weighted by atomic mass is 32.1. The smallest absolute Gasteiger partial charge is 0.326 e. The van der Waals surface area contributed by atoms with Crippen LogP contribution in [0.5, 0.6) is 0 Å². The average molecular weight is 306 g/mol. The molecule has 2 rings (SSSR count). The fourth-order valence-corrected chi connectivity index (χ4v) is 2.56. The molecule has 5 nitrogen and oxygen atoms in total. The van der Waals surface area contributed by atoms with E-state index in [-0.39, 0.29) is 17.3 Å². The number of thiazole rings is 1. The van der Waals surface area contributed by atoms with Gasteiger partial charge < -0.3 is 10.5 Å². The predicted octanol–water partition coefficient (Wildman–Crippen LogP) is 2.36. The van der Waals surface area contributed by atoms with Gasteiger partial charge in [0.15, 0.2) is 0 Å². The minimum absolute atomic E-state index is 0.0746. The van der Waals surface area contributed by atoms with Gasteiger partial charge in [-0.05, 0) is 23.6 Å². The summed E-state index contributed by atoms with van der Waals surface area (Å²) in [5.41, 5.74) is 7.86. The van der Waals surface area contributed by atoms with Crippen molar-refractivity contribution in [3.63, 3.8) is 0 Å². The van der Waals surface area contributed by atoms with Crippen LogP contribution >= 0.6 is 11.3 Å². The Morgan fingerprint density at radius 3 is 2.62 bits per heavy atom. The molecule has 0 atom stereocenters. The van der Waals surface area contributed by atoms with Gasteiger partial charge >= 0.3 is 10.8 Å². The number of rotatable bonds is 5.